The minimum atomic E-state index is -0.900. The van der Waals surface area contributed by atoms with Crippen molar-refractivity contribution in [2.24, 2.45) is 10.9 Å². The fourth-order valence-corrected chi connectivity index (χ4v) is 8.14. The number of fused-ring (bicyclic) bond motifs is 1. The van der Waals surface area contributed by atoms with Crippen LogP contribution in [-0.2, 0) is 14.4 Å². The zero-order valence-electron chi connectivity index (χ0n) is 23.5. The number of aliphatic imine (C=N–C) groups is 1. The van der Waals surface area contributed by atoms with E-state index in [0.717, 1.165) is 83.5 Å². The number of amides is 2. The fourth-order valence-electron chi connectivity index (χ4n) is 8.14. The Bertz CT molecular complexity index is 910. The van der Waals surface area contributed by atoms with Gasteiger partial charge >= 0.3 is 5.97 Å². The molecule has 0 spiro atoms. The number of carboxylic acid groups (broad SMARTS) is 1. The molecule has 2 saturated heterocycles. The van der Waals surface area contributed by atoms with Crippen LogP contribution in [-0.4, -0.2) is 79.8 Å². The van der Waals surface area contributed by atoms with Crippen LogP contribution in [0.3, 0.4) is 0 Å². The highest BCUT2D eigenvalue weighted by Crippen LogP contribution is 2.41. The van der Waals surface area contributed by atoms with Crippen LogP contribution in [0.25, 0.3) is 0 Å². The molecule has 0 aromatic heterocycles. The van der Waals surface area contributed by atoms with Crippen LogP contribution in [0.1, 0.15) is 123 Å². The lowest BCUT2D eigenvalue weighted by Gasteiger charge is -2.39. The van der Waals surface area contributed by atoms with Crippen molar-refractivity contribution in [2.75, 3.05) is 0 Å². The first kappa shape index (κ1) is 27.4. The van der Waals surface area contributed by atoms with E-state index < -0.39 is 24.1 Å². The number of aliphatic carboxylic acids is 1. The Kier molecular flexibility index (Phi) is 8.63. The third-order valence-electron chi connectivity index (χ3n) is 10.1. The second-order valence-corrected chi connectivity index (χ2v) is 12.6. The Morgan fingerprint density at radius 1 is 0.947 bits per heavy atom. The van der Waals surface area contributed by atoms with Gasteiger partial charge in [0.25, 0.3) is 5.91 Å². The average Bonchev–Trinajstić information content (AvgIpc) is 3.45. The maximum atomic E-state index is 14.3. The largest absolute Gasteiger partial charge is 0.480 e. The van der Waals surface area contributed by atoms with Gasteiger partial charge in [-0.2, -0.15) is 0 Å². The molecule has 3 saturated carbocycles. The van der Waals surface area contributed by atoms with Gasteiger partial charge in [0.1, 0.15) is 18.1 Å². The predicted octanol–water partition coefficient (Wildman–Crippen LogP) is 4.95. The van der Waals surface area contributed by atoms with E-state index in [2.05, 4.69) is 6.92 Å². The first-order valence-corrected chi connectivity index (χ1v) is 15.7. The monoisotopic (exact) mass is 528 g/mol. The van der Waals surface area contributed by atoms with Gasteiger partial charge in [-0.25, -0.2) is 9.79 Å². The molecule has 5 aliphatic rings. The van der Waals surface area contributed by atoms with E-state index in [1.165, 1.54) is 12.8 Å². The Morgan fingerprint density at radius 3 is 2.24 bits per heavy atom. The van der Waals surface area contributed by atoms with E-state index in [1.54, 1.807) is 4.90 Å². The lowest BCUT2D eigenvalue weighted by atomic mass is 9.84. The molecule has 0 aromatic carbocycles. The van der Waals surface area contributed by atoms with Gasteiger partial charge in [-0.3, -0.25) is 14.5 Å². The molecule has 2 aliphatic heterocycles. The Morgan fingerprint density at radius 2 is 1.58 bits per heavy atom. The molecule has 5 fully saturated rings. The number of hydrogen-bond donors (Lipinski definition) is 1. The SMILES string of the molecule is CCCC1C(=O)N(C2CCCCC2)C(=NC2CCCCC2)N1[C@@H](C)C(=O)N1[C@H](C(=O)O)C[C@@H]2CCCC[C@@H]21. The topological polar surface area (TPSA) is 93.5 Å². The maximum Gasteiger partial charge on any atom is 0.326 e. The summed E-state index contributed by atoms with van der Waals surface area (Å²) in [5.74, 6) is 0.0332. The van der Waals surface area contributed by atoms with Crippen LogP contribution in [0.15, 0.2) is 4.99 Å². The summed E-state index contributed by atoms with van der Waals surface area (Å²) in [6, 6.07) is -1.47. The minimum Gasteiger partial charge on any atom is -0.480 e. The van der Waals surface area contributed by atoms with Crippen molar-refractivity contribution in [1.29, 1.82) is 0 Å². The third-order valence-corrected chi connectivity index (χ3v) is 10.1. The lowest BCUT2D eigenvalue weighted by Crippen LogP contribution is -2.56. The molecule has 8 nitrogen and oxygen atoms in total. The standard InChI is InChI=1S/C30H48N4O4/c1-3-12-25-28(36)33(23-16-8-5-9-17-23)30(31-22-14-6-4-7-15-22)32(25)20(2)27(35)34-24-18-11-10-13-21(24)19-26(34)29(37)38/h20-26H,3-19H2,1-2H3,(H,37,38)/t20-,21-,24-,25?,26-/m0/s1. The number of nitrogens with zero attached hydrogens (tertiary/aromatic N) is 4. The number of carbonyl (C=O) groups is 3. The Balaban J connectivity index is 1.50. The van der Waals surface area contributed by atoms with Crippen LogP contribution in [0.5, 0.6) is 0 Å². The molecule has 1 N–H and O–H groups in total. The maximum absolute atomic E-state index is 14.3. The van der Waals surface area contributed by atoms with Gasteiger partial charge in [-0.1, -0.05) is 64.7 Å². The third kappa shape index (κ3) is 5.21. The van der Waals surface area contributed by atoms with Gasteiger partial charge < -0.3 is 14.9 Å². The fraction of sp³-hybridized carbons (Fsp3) is 0.867. The molecule has 5 rings (SSSR count). The van der Waals surface area contributed by atoms with E-state index >= 15 is 0 Å². The van der Waals surface area contributed by atoms with E-state index in [-0.39, 0.29) is 35.9 Å². The highest BCUT2D eigenvalue weighted by molar-refractivity contribution is 6.08. The van der Waals surface area contributed by atoms with Crippen LogP contribution in [0.2, 0.25) is 0 Å². The van der Waals surface area contributed by atoms with Gasteiger partial charge in [0.15, 0.2) is 0 Å². The van der Waals surface area contributed by atoms with E-state index in [9.17, 15) is 19.5 Å². The first-order valence-electron chi connectivity index (χ1n) is 15.7. The second kappa shape index (κ2) is 12.0. The van der Waals surface area contributed by atoms with Gasteiger partial charge in [0, 0.05) is 12.1 Å². The summed E-state index contributed by atoms with van der Waals surface area (Å²) >= 11 is 0. The molecule has 1 unspecified atom stereocenters. The van der Waals surface area contributed by atoms with E-state index in [4.69, 9.17) is 4.99 Å². The Hall–Kier alpha value is -2.12. The smallest absolute Gasteiger partial charge is 0.326 e. The quantitative estimate of drug-likeness (QED) is 0.504. The van der Waals surface area contributed by atoms with Gasteiger partial charge in [0.2, 0.25) is 11.9 Å². The average molecular weight is 529 g/mol. The molecule has 0 radical (unpaired) electrons. The van der Waals surface area contributed by atoms with Crippen molar-refractivity contribution in [3.63, 3.8) is 0 Å². The molecule has 38 heavy (non-hydrogen) atoms. The number of carboxylic acids is 1. The summed E-state index contributed by atoms with van der Waals surface area (Å²) in [4.78, 5) is 51.7. The summed E-state index contributed by atoms with van der Waals surface area (Å²) in [5, 5.41) is 10.1. The normalized spacial score (nSPS) is 33.2. The minimum absolute atomic E-state index is 0.00379. The zero-order valence-corrected chi connectivity index (χ0v) is 23.5. The van der Waals surface area contributed by atoms with Crippen LogP contribution in [0, 0.1) is 5.92 Å². The first-order chi connectivity index (χ1) is 18.4. The van der Waals surface area contributed by atoms with E-state index in [0.29, 0.717) is 18.8 Å². The molecule has 8 heteroatoms. The van der Waals surface area contributed by atoms with Crippen LogP contribution in [0.4, 0.5) is 0 Å². The molecule has 2 amide bonds. The molecule has 3 aliphatic carbocycles. The van der Waals surface area contributed by atoms with Crippen molar-refractivity contribution in [1.82, 2.24) is 14.7 Å². The van der Waals surface area contributed by atoms with Crippen LogP contribution < -0.4 is 0 Å². The van der Waals surface area contributed by atoms with Crippen molar-refractivity contribution < 1.29 is 19.5 Å². The molecule has 0 aromatic rings. The molecule has 0 bridgehead atoms. The molecule has 2 heterocycles. The van der Waals surface area contributed by atoms with Gasteiger partial charge in [0.05, 0.1) is 6.04 Å². The summed E-state index contributed by atoms with van der Waals surface area (Å²) in [6.45, 7) is 3.99. The van der Waals surface area contributed by atoms with Gasteiger partial charge in [-0.05, 0) is 64.2 Å². The van der Waals surface area contributed by atoms with E-state index in [1.807, 2.05) is 16.7 Å². The number of likely N-dealkylation sites (tertiary alicyclic amines) is 1. The summed E-state index contributed by atoms with van der Waals surface area (Å²) < 4.78 is 0. The summed E-state index contributed by atoms with van der Waals surface area (Å²) in [6.07, 6.45) is 17.1. The van der Waals surface area contributed by atoms with Crippen molar-refractivity contribution >= 4 is 23.7 Å². The van der Waals surface area contributed by atoms with Crippen molar-refractivity contribution in [2.45, 2.75) is 159 Å². The second-order valence-electron chi connectivity index (χ2n) is 12.6. The molecule has 5 atom stereocenters. The highest BCUT2D eigenvalue weighted by atomic mass is 16.4. The van der Waals surface area contributed by atoms with Crippen molar-refractivity contribution in [3.8, 4) is 0 Å². The number of guanidine groups is 1. The summed E-state index contributed by atoms with van der Waals surface area (Å²) in [5.41, 5.74) is 0. The highest BCUT2D eigenvalue weighted by Gasteiger charge is 2.53. The van der Waals surface area contributed by atoms with Crippen LogP contribution >= 0.6 is 0 Å². The number of hydrogen-bond acceptors (Lipinski definition) is 4. The number of carbonyl (C=O) groups excluding carboxylic acids is 2. The zero-order chi connectivity index (χ0) is 26.8. The molecular formula is C30H48N4O4. The lowest BCUT2D eigenvalue weighted by molar-refractivity contribution is -0.152. The predicted molar refractivity (Wildman–Crippen MR) is 147 cm³/mol. The summed E-state index contributed by atoms with van der Waals surface area (Å²) in [7, 11) is 0. The van der Waals surface area contributed by atoms with Crippen molar-refractivity contribution in [3.05, 3.63) is 0 Å². The molecular weight excluding hydrogens is 480 g/mol. The van der Waals surface area contributed by atoms with Gasteiger partial charge in [-0.15, -0.1) is 0 Å². The Labute approximate surface area is 228 Å². The number of rotatable bonds is 7. The molecule has 212 valence electrons.